The van der Waals surface area contributed by atoms with Crippen LogP contribution in [0.2, 0.25) is 0 Å². The largest absolute Gasteiger partial charge is 0.343 e. The molecule has 1 N–H and O–H groups in total. The van der Waals surface area contributed by atoms with E-state index in [1.165, 1.54) is 6.07 Å². The summed E-state index contributed by atoms with van der Waals surface area (Å²) in [5, 5.41) is 0. The SMILES string of the molecule is Fc1ccc(-c2nc(=S)c3c([nH]2)CCC3)cc1F. The van der Waals surface area contributed by atoms with Crippen molar-refractivity contribution in [1.82, 2.24) is 9.97 Å². The van der Waals surface area contributed by atoms with E-state index in [1.54, 1.807) is 0 Å². The minimum absolute atomic E-state index is 0.500. The number of H-pyrrole nitrogens is 1. The summed E-state index contributed by atoms with van der Waals surface area (Å²) >= 11 is 5.23. The fourth-order valence-corrected chi connectivity index (χ4v) is 2.55. The van der Waals surface area contributed by atoms with Crippen molar-refractivity contribution in [3.63, 3.8) is 0 Å². The zero-order chi connectivity index (χ0) is 12.7. The van der Waals surface area contributed by atoms with Crippen LogP contribution in [0, 0.1) is 16.3 Å². The predicted octanol–water partition coefficient (Wildman–Crippen LogP) is 3.57. The fourth-order valence-electron chi connectivity index (χ4n) is 2.24. The Morgan fingerprint density at radius 3 is 2.78 bits per heavy atom. The van der Waals surface area contributed by atoms with Crippen LogP contribution >= 0.6 is 12.2 Å². The number of nitrogens with one attached hydrogen (secondary N) is 1. The molecule has 0 spiro atoms. The first-order valence-electron chi connectivity index (χ1n) is 5.72. The Labute approximate surface area is 108 Å². The summed E-state index contributed by atoms with van der Waals surface area (Å²) in [6.07, 6.45) is 2.92. The minimum Gasteiger partial charge on any atom is -0.343 e. The number of halogens is 2. The van der Waals surface area contributed by atoms with Crippen LogP contribution in [0.25, 0.3) is 11.4 Å². The lowest BCUT2D eigenvalue weighted by Crippen LogP contribution is -1.98. The third kappa shape index (κ3) is 1.84. The summed E-state index contributed by atoms with van der Waals surface area (Å²) in [4.78, 5) is 7.42. The molecule has 0 radical (unpaired) electrons. The van der Waals surface area contributed by atoms with E-state index in [4.69, 9.17) is 12.2 Å². The molecule has 0 fully saturated rings. The van der Waals surface area contributed by atoms with E-state index in [1.807, 2.05) is 0 Å². The Bertz CT molecular complexity index is 679. The van der Waals surface area contributed by atoms with Crippen LogP contribution in [0.15, 0.2) is 18.2 Å². The third-order valence-electron chi connectivity index (χ3n) is 3.15. The number of nitrogens with zero attached hydrogens (tertiary/aromatic N) is 1. The van der Waals surface area contributed by atoms with Gasteiger partial charge in [-0.05, 0) is 37.5 Å². The molecule has 0 saturated heterocycles. The number of hydrogen-bond acceptors (Lipinski definition) is 2. The van der Waals surface area contributed by atoms with Crippen LogP contribution in [0.5, 0.6) is 0 Å². The second kappa shape index (κ2) is 4.24. The van der Waals surface area contributed by atoms with Crippen molar-refractivity contribution < 1.29 is 8.78 Å². The standard InChI is InChI=1S/C13H10F2N2S/c14-9-5-4-7(6-10(9)15)12-16-11-3-1-2-8(11)13(18)17-12/h4-6H,1-3H2,(H,16,17,18). The normalized spacial score (nSPS) is 13.7. The molecule has 1 aromatic carbocycles. The monoisotopic (exact) mass is 264 g/mol. The van der Waals surface area contributed by atoms with Crippen molar-refractivity contribution in [3.8, 4) is 11.4 Å². The van der Waals surface area contributed by atoms with Crippen LogP contribution in [-0.2, 0) is 12.8 Å². The summed E-state index contributed by atoms with van der Waals surface area (Å²) in [7, 11) is 0. The number of hydrogen-bond donors (Lipinski definition) is 1. The summed E-state index contributed by atoms with van der Waals surface area (Å²) in [5.74, 6) is -1.24. The molecule has 92 valence electrons. The van der Waals surface area contributed by atoms with Crippen molar-refractivity contribution in [1.29, 1.82) is 0 Å². The van der Waals surface area contributed by atoms with Crippen molar-refractivity contribution >= 4 is 12.2 Å². The number of benzene rings is 1. The van der Waals surface area contributed by atoms with E-state index in [2.05, 4.69) is 9.97 Å². The van der Waals surface area contributed by atoms with Gasteiger partial charge in [0.2, 0.25) is 0 Å². The number of aromatic amines is 1. The van der Waals surface area contributed by atoms with E-state index in [-0.39, 0.29) is 0 Å². The molecule has 1 heterocycles. The van der Waals surface area contributed by atoms with Crippen LogP contribution in [0.1, 0.15) is 17.7 Å². The van der Waals surface area contributed by atoms with Crippen LogP contribution < -0.4 is 0 Å². The second-order valence-corrected chi connectivity index (χ2v) is 4.72. The summed E-state index contributed by atoms with van der Waals surface area (Å²) in [6, 6.07) is 3.72. The van der Waals surface area contributed by atoms with Crippen LogP contribution in [0.3, 0.4) is 0 Å². The molecule has 0 amide bonds. The molecule has 3 rings (SSSR count). The Kier molecular flexibility index (Phi) is 2.70. The maximum absolute atomic E-state index is 13.2. The van der Waals surface area contributed by atoms with E-state index in [0.717, 1.165) is 42.7 Å². The summed E-state index contributed by atoms with van der Waals surface area (Å²) in [5.41, 5.74) is 2.65. The van der Waals surface area contributed by atoms with Crippen molar-refractivity contribution in [3.05, 3.63) is 45.7 Å². The zero-order valence-corrected chi connectivity index (χ0v) is 10.3. The first-order chi connectivity index (χ1) is 8.65. The van der Waals surface area contributed by atoms with E-state index in [9.17, 15) is 8.78 Å². The van der Waals surface area contributed by atoms with Gasteiger partial charge in [0.25, 0.3) is 0 Å². The molecule has 0 unspecified atom stereocenters. The first-order valence-corrected chi connectivity index (χ1v) is 6.13. The number of aromatic nitrogens is 2. The van der Waals surface area contributed by atoms with Gasteiger partial charge in [-0.2, -0.15) is 0 Å². The molecular formula is C13H10F2N2S. The highest BCUT2D eigenvalue weighted by atomic mass is 32.1. The molecule has 2 aromatic rings. The van der Waals surface area contributed by atoms with Gasteiger partial charge in [0.15, 0.2) is 11.6 Å². The summed E-state index contributed by atoms with van der Waals surface area (Å²) in [6.45, 7) is 0. The fraction of sp³-hybridized carbons (Fsp3) is 0.231. The number of aryl methyl sites for hydroxylation is 1. The predicted molar refractivity (Wildman–Crippen MR) is 66.8 cm³/mol. The van der Waals surface area contributed by atoms with Gasteiger partial charge < -0.3 is 4.98 Å². The second-order valence-electron chi connectivity index (χ2n) is 4.33. The van der Waals surface area contributed by atoms with Crippen molar-refractivity contribution in [2.24, 2.45) is 0 Å². The van der Waals surface area contributed by atoms with Crippen LogP contribution in [-0.4, -0.2) is 9.97 Å². The van der Waals surface area contributed by atoms with E-state index < -0.39 is 11.6 Å². The minimum atomic E-state index is -0.880. The molecule has 1 aromatic heterocycles. The average molecular weight is 264 g/mol. The molecule has 0 aliphatic heterocycles. The number of fused-ring (bicyclic) bond motifs is 1. The van der Waals surface area contributed by atoms with Gasteiger partial charge in [0, 0.05) is 16.8 Å². The Balaban J connectivity index is 2.15. The number of rotatable bonds is 1. The smallest absolute Gasteiger partial charge is 0.159 e. The maximum Gasteiger partial charge on any atom is 0.159 e. The van der Waals surface area contributed by atoms with Gasteiger partial charge in [0.05, 0.1) is 0 Å². The van der Waals surface area contributed by atoms with Gasteiger partial charge in [-0.1, -0.05) is 12.2 Å². The zero-order valence-electron chi connectivity index (χ0n) is 9.46. The highest BCUT2D eigenvalue weighted by molar-refractivity contribution is 7.71. The molecule has 0 atom stereocenters. The Hall–Kier alpha value is -1.62. The van der Waals surface area contributed by atoms with E-state index in [0.29, 0.717) is 16.0 Å². The third-order valence-corrected chi connectivity index (χ3v) is 3.49. The molecule has 0 bridgehead atoms. The van der Waals surface area contributed by atoms with Crippen molar-refractivity contribution in [2.45, 2.75) is 19.3 Å². The Morgan fingerprint density at radius 1 is 1.17 bits per heavy atom. The van der Waals surface area contributed by atoms with Crippen molar-refractivity contribution in [2.75, 3.05) is 0 Å². The molecule has 5 heteroatoms. The lowest BCUT2D eigenvalue weighted by atomic mass is 10.2. The molecule has 2 nitrogen and oxygen atoms in total. The Morgan fingerprint density at radius 2 is 2.00 bits per heavy atom. The average Bonchev–Trinajstić information content (AvgIpc) is 2.81. The first kappa shape index (κ1) is 11.5. The molecule has 1 aliphatic carbocycles. The summed E-state index contributed by atoms with van der Waals surface area (Å²) < 4.78 is 26.6. The maximum atomic E-state index is 13.2. The van der Waals surface area contributed by atoms with Gasteiger partial charge in [0.1, 0.15) is 10.5 Å². The van der Waals surface area contributed by atoms with Gasteiger partial charge in [-0.25, -0.2) is 13.8 Å². The highest BCUT2D eigenvalue weighted by Crippen LogP contribution is 2.24. The van der Waals surface area contributed by atoms with Gasteiger partial charge in [-0.3, -0.25) is 0 Å². The van der Waals surface area contributed by atoms with Crippen LogP contribution in [0.4, 0.5) is 8.78 Å². The van der Waals surface area contributed by atoms with E-state index >= 15 is 0 Å². The van der Waals surface area contributed by atoms with Gasteiger partial charge in [-0.15, -0.1) is 0 Å². The van der Waals surface area contributed by atoms with Gasteiger partial charge >= 0.3 is 0 Å². The molecule has 1 aliphatic rings. The topological polar surface area (TPSA) is 28.7 Å². The lowest BCUT2D eigenvalue weighted by Gasteiger charge is -2.06. The quantitative estimate of drug-likeness (QED) is 0.798. The molecule has 18 heavy (non-hydrogen) atoms. The molecular weight excluding hydrogens is 254 g/mol. The lowest BCUT2D eigenvalue weighted by molar-refractivity contribution is 0.509. The molecule has 0 saturated carbocycles. The highest BCUT2D eigenvalue weighted by Gasteiger charge is 2.15.